The third-order valence-corrected chi connectivity index (χ3v) is 1.77. The van der Waals surface area contributed by atoms with Gasteiger partial charge in [0.15, 0.2) is 0 Å². The van der Waals surface area contributed by atoms with Crippen LogP contribution in [-0.4, -0.2) is 40.1 Å². The molecule has 0 amide bonds. The third-order valence-electron chi connectivity index (χ3n) is 1.77. The Morgan fingerprint density at radius 1 is 0.789 bits per heavy atom. The monoisotopic (exact) mass is 286 g/mol. The molecule has 0 bridgehead atoms. The third kappa shape index (κ3) is 4.70. The maximum atomic E-state index is 12.7. The van der Waals surface area contributed by atoms with E-state index < -0.39 is 46.6 Å². The van der Waals surface area contributed by atoms with Gasteiger partial charge in [-0.2, -0.15) is 0 Å². The predicted octanol–water partition coefficient (Wildman–Crippen LogP) is 0.00380. The summed E-state index contributed by atoms with van der Waals surface area (Å²) in [4.78, 5) is 0. The van der Waals surface area contributed by atoms with Crippen LogP contribution >= 0.6 is 0 Å². The molecule has 0 unspecified atom stereocenters. The fourth-order valence-corrected chi connectivity index (χ4v) is 0.990. The van der Waals surface area contributed by atoms with Gasteiger partial charge in [-0.05, 0) is 0 Å². The molecule has 3 nitrogen and oxygen atoms in total. The molecule has 0 fully saturated rings. The van der Waals surface area contributed by atoms with E-state index >= 15 is 0 Å². The van der Waals surface area contributed by atoms with Gasteiger partial charge in [0.05, 0.1) is 0 Å². The van der Waals surface area contributed by atoms with Gasteiger partial charge in [0.25, 0.3) is 0 Å². The standard InChI is InChI=1S/C7F7.BH3O3.Li/c8-2-1-3(9)6(11)4(5(2)10)7(12,13)14;2-1(3)4;/h;2-4H;. The van der Waals surface area contributed by atoms with Crippen molar-refractivity contribution >= 4 is 29.3 Å². The van der Waals surface area contributed by atoms with Crippen LogP contribution in [0.3, 0.4) is 0 Å². The predicted molar refractivity (Wildman–Crippen MR) is 49.1 cm³/mol. The van der Waals surface area contributed by atoms with Crippen LogP contribution in [0.1, 0.15) is 5.56 Å². The molecule has 0 spiro atoms. The minimum absolute atomic E-state index is 0.636. The Morgan fingerprint density at radius 3 is 1.26 bits per heavy atom. The SMILES string of the molecule is OB(O)O.[Li][c]1c(F)c(F)c(C(F)(F)F)c(F)c1F. The molecular weight excluding hydrogens is 283 g/mol. The number of hydrogen-bond donors (Lipinski definition) is 3. The van der Waals surface area contributed by atoms with E-state index in [4.69, 9.17) is 15.1 Å². The second-order valence-electron chi connectivity index (χ2n) is 3.10. The zero-order chi connectivity index (χ0) is 15.5. The number of hydrogen-bond acceptors (Lipinski definition) is 3. The topological polar surface area (TPSA) is 60.7 Å². The van der Waals surface area contributed by atoms with E-state index in [1.165, 1.54) is 0 Å². The Morgan fingerprint density at radius 2 is 1.05 bits per heavy atom. The minimum atomic E-state index is -5.48. The summed E-state index contributed by atoms with van der Waals surface area (Å²) in [6.07, 6.45) is -5.48. The average Bonchev–Trinajstić information content (AvgIpc) is 2.21. The maximum absolute atomic E-state index is 12.7. The Hall–Kier alpha value is -0.728. The van der Waals surface area contributed by atoms with Crippen LogP contribution in [0, 0.1) is 23.3 Å². The van der Waals surface area contributed by atoms with Crippen LogP contribution in [0.4, 0.5) is 30.7 Å². The molecule has 0 radical (unpaired) electrons. The first kappa shape index (κ1) is 18.3. The zero-order valence-corrected chi connectivity index (χ0v) is 9.06. The van der Waals surface area contributed by atoms with Crippen LogP contribution in [0.5, 0.6) is 0 Å². The molecule has 0 aliphatic heterocycles. The second kappa shape index (κ2) is 6.63. The van der Waals surface area contributed by atoms with Gasteiger partial charge in [-0.25, -0.2) is 0 Å². The van der Waals surface area contributed by atoms with Crippen molar-refractivity contribution in [2.75, 3.05) is 0 Å². The summed E-state index contributed by atoms with van der Waals surface area (Å²) in [6, 6.07) is 0. The van der Waals surface area contributed by atoms with E-state index in [1.54, 1.807) is 0 Å². The van der Waals surface area contributed by atoms with Crippen molar-refractivity contribution in [3.63, 3.8) is 0 Å². The first-order valence-electron chi connectivity index (χ1n) is 4.35. The Kier molecular flexibility index (Phi) is 6.37. The van der Waals surface area contributed by atoms with Crippen LogP contribution in [0.2, 0.25) is 0 Å². The van der Waals surface area contributed by atoms with Crippen molar-refractivity contribution in [2.45, 2.75) is 6.18 Å². The average molecular weight is 286 g/mol. The summed E-state index contributed by atoms with van der Waals surface area (Å²) in [5.74, 6) is -8.94. The molecule has 0 aliphatic rings. The van der Waals surface area contributed by atoms with Crippen molar-refractivity contribution in [3.05, 3.63) is 28.8 Å². The Labute approximate surface area is 111 Å². The molecular formula is C7H3BF7LiO3. The first-order valence-corrected chi connectivity index (χ1v) is 4.35. The molecule has 0 heterocycles. The molecule has 102 valence electrons. The summed E-state index contributed by atoms with van der Waals surface area (Å²) in [5.41, 5.74) is -2.55. The van der Waals surface area contributed by atoms with Gasteiger partial charge in [-0.3, -0.25) is 0 Å². The zero-order valence-electron chi connectivity index (χ0n) is 9.06. The number of alkyl halides is 3. The summed E-state index contributed by atoms with van der Waals surface area (Å²) in [6.45, 7) is 0. The molecule has 12 heteroatoms. The van der Waals surface area contributed by atoms with Crippen LogP contribution < -0.4 is 4.24 Å². The molecule has 1 aromatic carbocycles. The second-order valence-corrected chi connectivity index (χ2v) is 3.10. The van der Waals surface area contributed by atoms with Crippen molar-refractivity contribution in [2.24, 2.45) is 0 Å². The van der Waals surface area contributed by atoms with E-state index in [1.807, 2.05) is 0 Å². The van der Waals surface area contributed by atoms with Crippen LogP contribution in [-0.2, 0) is 6.18 Å². The summed E-state index contributed by atoms with van der Waals surface area (Å²) in [7, 11) is -2.17. The number of halogens is 7. The molecule has 0 atom stereocenters. The molecule has 0 aromatic heterocycles. The molecule has 3 N–H and O–H groups in total. The molecule has 0 saturated heterocycles. The van der Waals surface area contributed by atoms with E-state index in [0.717, 1.165) is 0 Å². The first-order chi connectivity index (χ1) is 8.41. The molecule has 0 aliphatic carbocycles. The fourth-order valence-electron chi connectivity index (χ4n) is 0.990. The molecule has 1 rings (SSSR count). The van der Waals surface area contributed by atoms with Crippen molar-refractivity contribution in [1.29, 1.82) is 0 Å². The van der Waals surface area contributed by atoms with Crippen molar-refractivity contribution in [1.82, 2.24) is 0 Å². The van der Waals surface area contributed by atoms with Gasteiger partial charge in [-0.15, -0.1) is 0 Å². The summed E-state index contributed by atoms with van der Waals surface area (Å²) in [5, 5.41) is 21.5. The van der Waals surface area contributed by atoms with Gasteiger partial charge < -0.3 is 15.1 Å². The van der Waals surface area contributed by atoms with Gasteiger partial charge >= 0.3 is 95.0 Å². The van der Waals surface area contributed by atoms with E-state index in [-0.39, 0.29) is 0 Å². The van der Waals surface area contributed by atoms with Gasteiger partial charge in [0, 0.05) is 0 Å². The molecule has 19 heavy (non-hydrogen) atoms. The number of benzene rings is 1. The number of rotatable bonds is 0. The van der Waals surface area contributed by atoms with Crippen LogP contribution in [0.25, 0.3) is 0 Å². The van der Waals surface area contributed by atoms with Gasteiger partial charge in [0.2, 0.25) is 0 Å². The fraction of sp³-hybridized carbons (Fsp3) is 0.143. The normalized spacial score (nSPS) is 10.9. The van der Waals surface area contributed by atoms with E-state index in [0.29, 0.717) is 17.7 Å². The van der Waals surface area contributed by atoms with E-state index in [9.17, 15) is 30.7 Å². The van der Waals surface area contributed by atoms with Crippen molar-refractivity contribution in [3.8, 4) is 0 Å². The van der Waals surface area contributed by atoms with E-state index in [2.05, 4.69) is 0 Å². The Balaban J connectivity index is 0.000000711. The van der Waals surface area contributed by atoms with Crippen LogP contribution in [0.15, 0.2) is 0 Å². The van der Waals surface area contributed by atoms with Gasteiger partial charge in [-0.1, -0.05) is 0 Å². The Bertz CT molecular complexity index is 433. The van der Waals surface area contributed by atoms with Crippen molar-refractivity contribution < 1.29 is 45.8 Å². The molecule has 1 aromatic rings. The quantitative estimate of drug-likeness (QED) is 0.357. The summed E-state index contributed by atoms with van der Waals surface area (Å²) < 4.78 is 85.6. The summed E-state index contributed by atoms with van der Waals surface area (Å²) >= 11 is 0.636. The molecule has 0 saturated carbocycles. The van der Waals surface area contributed by atoms with Gasteiger partial charge in [0.1, 0.15) is 0 Å².